The van der Waals surface area contributed by atoms with E-state index in [1.807, 2.05) is 13.8 Å². The Labute approximate surface area is 83.1 Å². The van der Waals surface area contributed by atoms with Gasteiger partial charge in [-0.05, 0) is 12.8 Å². The van der Waals surface area contributed by atoms with Crippen molar-refractivity contribution in [2.45, 2.75) is 26.8 Å². The summed E-state index contributed by atoms with van der Waals surface area (Å²) in [5, 5.41) is 3.98. The molecule has 1 heterocycles. The number of hydrogen-bond acceptors (Lipinski definition) is 4. The minimum atomic E-state index is -0.559. The maximum Gasteiger partial charge on any atom is 0.265 e. The minimum Gasteiger partial charge on any atom is -0.383 e. The highest BCUT2D eigenvalue weighted by atomic mass is 16.2. The number of anilines is 1. The second-order valence-electron chi connectivity index (χ2n) is 3.73. The van der Waals surface area contributed by atoms with Crippen LogP contribution in [0, 0.1) is 12.8 Å². The van der Waals surface area contributed by atoms with E-state index in [9.17, 15) is 4.79 Å². The predicted octanol–water partition coefficient (Wildman–Crippen LogP) is 0.397. The lowest BCUT2D eigenvalue weighted by Gasteiger charge is -2.14. The number of carbonyl (C=O) groups is 1. The van der Waals surface area contributed by atoms with Gasteiger partial charge in [0.2, 0.25) is 0 Å². The third kappa shape index (κ3) is 1.93. The lowest BCUT2D eigenvalue weighted by Crippen LogP contribution is -2.39. The van der Waals surface area contributed by atoms with Gasteiger partial charge in [-0.3, -0.25) is 4.79 Å². The summed E-state index contributed by atoms with van der Waals surface area (Å²) >= 11 is 0. The summed E-state index contributed by atoms with van der Waals surface area (Å²) in [6.45, 7) is 5.55. The molecule has 14 heavy (non-hydrogen) atoms. The van der Waals surface area contributed by atoms with Crippen LogP contribution in [-0.4, -0.2) is 21.7 Å². The van der Waals surface area contributed by atoms with Crippen molar-refractivity contribution >= 4 is 11.7 Å². The quantitative estimate of drug-likeness (QED) is 0.716. The van der Waals surface area contributed by atoms with Crippen molar-refractivity contribution in [2.75, 3.05) is 5.73 Å². The summed E-state index contributed by atoms with van der Waals surface area (Å²) in [5.74, 6) is 0.153. The van der Waals surface area contributed by atoms with E-state index in [-0.39, 0.29) is 11.8 Å². The van der Waals surface area contributed by atoms with Gasteiger partial charge in [-0.1, -0.05) is 13.8 Å². The molecule has 0 amide bonds. The zero-order valence-electron chi connectivity index (χ0n) is 8.69. The minimum absolute atomic E-state index is 0.0754. The fraction of sp³-hybridized carbons (Fsp3) is 0.556. The molecule has 0 unspecified atom stereocenters. The first-order chi connectivity index (χ1) is 6.43. The van der Waals surface area contributed by atoms with Crippen LogP contribution in [0.15, 0.2) is 6.07 Å². The van der Waals surface area contributed by atoms with Crippen LogP contribution in [0.3, 0.4) is 0 Å². The molecule has 1 aromatic heterocycles. The lowest BCUT2D eigenvalue weighted by molar-refractivity contribution is 0.0843. The van der Waals surface area contributed by atoms with Crippen molar-refractivity contribution in [3.63, 3.8) is 0 Å². The number of aromatic nitrogens is 2. The maximum atomic E-state index is 11.7. The highest BCUT2D eigenvalue weighted by Crippen LogP contribution is 2.08. The van der Waals surface area contributed by atoms with Gasteiger partial charge in [0.05, 0.1) is 11.7 Å². The normalized spacial score (nSPS) is 13.2. The van der Waals surface area contributed by atoms with E-state index in [4.69, 9.17) is 11.5 Å². The van der Waals surface area contributed by atoms with Crippen molar-refractivity contribution < 1.29 is 4.79 Å². The molecule has 1 rings (SSSR count). The second kappa shape index (κ2) is 3.79. The first-order valence-electron chi connectivity index (χ1n) is 4.55. The molecule has 0 aromatic carbocycles. The van der Waals surface area contributed by atoms with Crippen LogP contribution in [0.4, 0.5) is 5.82 Å². The molecule has 4 N–H and O–H groups in total. The standard InChI is InChI=1S/C9H16N4O/c1-5(2)8(11)9(14)13-7(10)4-6(3)12-13/h4-5,8H,10-11H2,1-3H3/t8-/m0/s1. The molecule has 0 aliphatic heterocycles. The summed E-state index contributed by atoms with van der Waals surface area (Å²) in [4.78, 5) is 11.7. The molecular formula is C9H16N4O. The molecule has 0 aliphatic rings. The molecule has 5 heteroatoms. The monoisotopic (exact) mass is 196 g/mol. The molecule has 78 valence electrons. The summed E-state index contributed by atoms with van der Waals surface area (Å²) in [6, 6.07) is 1.09. The third-order valence-corrected chi connectivity index (χ3v) is 2.07. The zero-order valence-corrected chi connectivity index (χ0v) is 8.69. The van der Waals surface area contributed by atoms with E-state index in [2.05, 4.69) is 5.10 Å². The van der Waals surface area contributed by atoms with Gasteiger partial charge in [0.25, 0.3) is 5.91 Å². The second-order valence-corrected chi connectivity index (χ2v) is 3.73. The third-order valence-electron chi connectivity index (χ3n) is 2.07. The molecule has 0 saturated carbocycles. The molecular weight excluding hydrogens is 180 g/mol. The van der Waals surface area contributed by atoms with Crippen molar-refractivity contribution in [3.8, 4) is 0 Å². The number of aryl methyl sites for hydroxylation is 1. The fourth-order valence-corrected chi connectivity index (χ4v) is 1.12. The Bertz CT molecular complexity index is 343. The Balaban J connectivity index is 2.95. The summed E-state index contributed by atoms with van der Waals surface area (Å²) in [5.41, 5.74) is 12.0. The van der Waals surface area contributed by atoms with Crippen LogP contribution in [0.2, 0.25) is 0 Å². The largest absolute Gasteiger partial charge is 0.383 e. The van der Waals surface area contributed by atoms with Gasteiger partial charge in [-0.25, -0.2) is 0 Å². The molecule has 0 radical (unpaired) electrons. The number of carbonyl (C=O) groups excluding carboxylic acids is 1. The first-order valence-corrected chi connectivity index (χ1v) is 4.55. The Morgan fingerprint density at radius 1 is 1.57 bits per heavy atom. The van der Waals surface area contributed by atoms with Gasteiger partial charge in [-0.15, -0.1) is 0 Å². The van der Waals surface area contributed by atoms with Gasteiger partial charge >= 0.3 is 0 Å². The fourth-order valence-electron chi connectivity index (χ4n) is 1.12. The van der Waals surface area contributed by atoms with Crippen LogP contribution in [0.5, 0.6) is 0 Å². The van der Waals surface area contributed by atoms with E-state index in [1.54, 1.807) is 13.0 Å². The van der Waals surface area contributed by atoms with E-state index >= 15 is 0 Å². The molecule has 1 atom stereocenters. The van der Waals surface area contributed by atoms with Crippen LogP contribution < -0.4 is 11.5 Å². The van der Waals surface area contributed by atoms with Crippen molar-refractivity contribution in [2.24, 2.45) is 11.7 Å². The predicted molar refractivity (Wildman–Crippen MR) is 54.8 cm³/mol. The average molecular weight is 196 g/mol. The summed E-state index contributed by atoms with van der Waals surface area (Å²) < 4.78 is 1.17. The molecule has 5 nitrogen and oxygen atoms in total. The summed E-state index contributed by atoms with van der Waals surface area (Å²) in [7, 11) is 0. The highest BCUT2D eigenvalue weighted by molar-refractivity contribution is 5.86. The average Bonchev–Trinajstić information content (AvgIpc) is 2.42. The van der Waals surface area contributed by atoms with E-state index in [0.29, 0.717) is 11.5 Å². The topological polar surface area (TPSA) is 86.9 Å². The van der Waals surface area contributed by atoms with Crippen molar-refractivity contribution in [3.05, 3.63) is 11.8 Å². The van der Waals surface area contributed by atoms with Crippen LogP contribution in [0.25, 0.3) is 0 Å². The number of rotatable bonds is 2. The van der Waals surface area contributed by atoms with Gasteiger partial charge in [0, 0.05) is 6.07 Å². The number of nitrogen functional groups attached to an aromatic ring is 1. The molecule has 0 saturated heterocycles. The van der Waals surface area contributed by atoms with E-state index in [0.717, 1.165) is 0 Å². The Morgan fingerprint density at radius 3 is 2.50 bits per heavy atom. The van der Waals surface area contributed by atoms with Gasteiger partial charge in [-0.2, -0.15) is 9.78 Å². The Kier molecular flexibility index (Phi) is 2.90. The van der Waals surface area contributed by atoms with Gasteiger partial charge in [0.1, 0.15) is 5.82 Å². The van der Waals surface area contributed by atoms with E-state index < -0.39 is 6.04 Å². The first kappa shape index (κ1) is 10.7. The SMILES string of the molecule is Cc1cc(N)n(C(=O)[C@@H](N)C(C)C)n1. The van der Waals surface area contributed by atoms with E-state index in [1.165, 1.54) is 4.68 Å². The number of nitrogens with zero attached hydrogens (tertiary/aromatic N) is 2. The van der Waals surface area contributed by atoms with Crippen molar-refractivity contribution in [1.82, 2.24) is 9.78 Å². The van der Waals surface area contributed by atoms with Gasteiger partial charge < -0.3 is 11.5 Å². The maximum absolute atomic E-state index is 11.7. The van der Waals surface area contributed by atoms with Crippen LogP contribution >= 0.6 is 0 Å². The molecule has 1 aromatic rings. The summed E-state index contributed by atoms with van der Waals surface area (Å²) in [6.07, 6.45) is 0. The molecule has 0 fully saturated rings. The number of hydrogen-bond donors (Lipinski definition) is 2. The molecule has 0 bridgehead atoms. The van der Waals surface area contributed by atoms with Crippen LogP contribution in [-0.2, 0) is 0 Å². The zero-order chi connectivity index (χ0) is 10.9. The molecule has 0 aliphatic carbocycles. The van der Waals surface area contributed by atoms with Gasteiger partial charge in [0.15, 0.2) is 0 Å². The number of nitrogens with two attached hydrogens (primary N) is 2. The Hall–Kier alpha value is -1.36. The van der Waals surface area contributed by atoms with Crippen molar-refractivity contribution in [1.29, 1.82) is 0 Å². The smallest absolute Gasteiger partial charge is 0.265 e. The lowest BCUT2D eigenvalue weighted by atomic mass is 10.1. The highest BCUT2D eigenvalue weighted by Gasteiger charge is 2.21. The van der Waals surface area contributed by atoms with Crippen LogP contribution in [0.1, 0.15) is 24.3 Å². The Morgan fingerprint density at radius 2 is 2.14 bits per heavy atom. The molecule has 0 spiro atoms.